The van der Waals surface area contributed by atoms with Crippen LogP contribution < -0.4 is 9.62 Å². The molecule has 2 amide bonds. The number of para-hydroxylation sites is 1. The van der Waals surface area contributed by atoms with Gasteiger partial charge in [-0.05, 0) is 56.5 Å². The average molecular weight is 584 g/mol. The third-order valence-corrected chi connectivity index (χ3v) is 7.83. The highest BCUT2D eigenvalue weighted by Gasteiger charge is 2.32. The summed E-state index contributed by atoms with van der Waals surface area (Å²) in [7, 11) is -3.55. The van der Waals surface area contributed by atoms with Gasteiger partial charge in [-0.1, -0.05) is 78.3 Å². The molecule has 3 rings (SSSR count). The first kappa shape index (κ1) is 31.2. The molecule has 0 aliphatic carbocycles. The Bertz CT molecular complexity index is 1380. The molecule has 3 aromatic rings. The maximum absolute atomic E-state index is 13.9. The molecule has 214 valence electrons. The first-order chi connectivity index (χ1) is 18.8. The summed E-state index contributed by atoms with van der Waals surface area (Å²) >= 11 is 6.48. The van der Waals surface area contributed by atoms with Crippen LogP contribution in [0.25, 0.3) is 0 Å². The monoisotopic (exact) mass is 583 g/mol. The molecule has 0 bridgehead atoms. The fourth-order valence-electron chi connectivity index (χ4n) is 4.42. The largest absolute Gasteiger partial charge is 0.350 e. The molecule has 0 radical (unpaired) electrons. The van der Waals surface area contributed by atoms with Crippen LogP contribution in [0.2, 0.25) is 5.02 Å². The average Bonchev–Trinajstić information content (AvgIpc) is 2.89. The molecule has 1 atom stereocenters. The Kier molecular flexibility index (Phi) is 10.8. The molecule has 1 unspecified atom stereocenters. The molecule has 7 nitrogen and oxygen atoms in total. The zero-order valence-electron chi connectivity index (χ0n) is 23.5. The quantitative estimate of drug-likeness (QED) is 0.307. The number of sulfonamides is 1. The summed E-state index contributed by atoms with van der Waals surface area (Å²) in [5.41, 5.74) is 1.68. The van der Waals surface area contributed by atoms with E-state index in [1.54, 1.807) is 35.2 Å². The van der Waals surface area contributed by atoms with Gasteiger partial charge in [0.2, 0.25) is 21.8 Å². The molecule has 0 saturated carbocycles. The van der Waals surface area contributed by atoms with Crippen LogP contribution in [0.15, 0.2) is 84.9 Å². The van der Waals surface area contributed by atoms with Gasteiger partial charge in [-0.15, -0.1) is 0 Å². The van der Waals surface area contributed by atoms with Gasteiger partial charge in [0, 0.05) is 36.5 Å². The van der Waals surface area contributed by atoms with E-state index in [1.165, 1.54) is 4.31 Å². The minimum Gasteiger partial charge on any atom is -0.350 e. The summed E-state index contributed by atoms with van der Waals surface area (Å²) in [6.45, 7) is 5.96. The second-order valence-electron chi connectivity index (χ2n) is 10.8. The van der Waals surface area contributed by atoms with E-state index in [0.717, 1.165) is 17.4 Å². The predicted octanol–water partition coefficient (Wildman–Crippen LogP) is 5.44. The van der Waals surface area contributed by atoms with Gasteiger partial charge >= 0.3 is 0 Å². The Hall–Kier alpha value is -3.36. The molecule has 0 spiro atoms. The molecule has 0 aromatic heterocycles. The van der Waals surface area contributed by atoms with Crippen LogP contribution in [-0.2, 0) is 32.6 Å². The smallest absolute Gasteiger partial charge is 0.243 e. The molecule has 40 heavy (non-hydrogen) atoms. The van der Waals surface area contributed by atoms with Gasteiger partial charge in [0.25, 0.3) is 0 Å². The number of amides is 2. The summed E-state index contributed by atoms with van der Waals surface area (Å²) in [5, 5.41) is 3.54. The van der Waals surface area contributed by atoms with Crippen LogP contribution in [0.3, 0.4) is 0 Å². The Morgan fingerprint density at radius 2 is 1.48 bits per heavy atom. The van der Waals surface area contributed by atoms with Crippen molar-refractivity contribution in [1.82, 2.24) is 10.2 Å². The number of benzene rings is 3. The number of rotatable bonds is 12. The first-order valence-corrected chi connectivity index (χ1v) is 15.5. The van der Waals surface area contributed by atoms with Gasteiger partial charge in [-0.3, -0.25) is 13.9 Å². The number of anilines is 1. The van der Waals surface area contributed by atoms with Gasteiger partial charge in [0.15, 0.2) is 0 Å². The number of hydrogen-bond acceptors (Lipinski definition) is 4. The van der Waals surface area contributed by atoms with E-state index in [9.17, 15) is 18.0 Å². The third kappa shape index (κ3) is 9.38. The molecular weight excluding hydrogens is 546 g/mol. The highest BCUT2D eigenvalue weighted by Crippen LogP contribution is 2.23. The third-order valence-electron chi connectivity index (χ3n) is 6.26. The second-order valence-corrected chi connectivity index (χ2v) is 13.1. The number of nitrogens with one attached hydrogen (secondary N) is 1. The Morgan fingerprint density at radius 3 is 2.05 bits per heavy atom. The van der Waals surface area contributed by atoms with Crippen LogP contribution in [-0.4, -0.2) is 49.5 Å². The van der Waals surface area contributed by atoms with E-state index in [0.29, 0.717) is 17.1 Å². The summed E-state index contributed by atoms with van der Waals surface area (Å²) in [6.07, 6.45) is 1.80. The number of halogens is 1. The van der Waals surface area contributed by atoms with E-state index < -0.39 is 21.6 Å². The topological polar surface area (TPSA) is 86.8 Å². The van der Waals surface area contributed by atoms with E-state index in [2.05, 4.69) is 5.32 Å². The lowest BCUT2D eigenvalue weighted by molar-refractivity contribution is -0.142. The molecule has 0 heterocycles. The molecule has 0 aliphatic heterocycles. The zero-order chi connectivity index (χ0) is 29.3. The van der Waals surface area contributed by atoms with Crippen molar-refractivity contribution < 1.29 is 18.0 Å². The minimum absolute atomic E-state index is 0.0530. The first-order valence-electron chi connectivity index (χ1n) is 13.3. The van der Waals surface area contributed by atoms with Gasteiger partial charge in [-0.2, -0.15) is 0 Å². The van der Waals surface area contributed by atoms with Crippen LogP contribution >= 0.6 is 11.6 Å². The number of carbonyl (C=O) groups excluding carboxylic acids is 2. The maximum Gasteiger partial charge on any atom is 0.243 e. The summed E-state index contributed by atoms with van der Waals surface area (Å²) in [5.74, 6) is -0.523. The van der Waals surface area contributed by atoms with E-state index in [-0.39, 0.29) is 37.7 Å². The van der Waals surface area contributed by atoms with Crippen molar-refractivity contribution in [2.75, 3.05) is 17.1 Å². The number of carbonyl (C=O) groups is 2. The van der Waals surface area contributed by atoms with Crippen molar-refractivity contribution in [3.8, 4) is 0 Å². The van der Waals surface area contributed by atoms with Crippen molar-refractivity contribution in [3.05, 3.63) is 101 Å². The second kappa shape index (κ2) is 13.8. The van der Waals surface area contributed by atoms with Crippen molar-refractivity contribution in [2.24, 2.45) is 0 Å². The lowest BCUT2D eigenvalue weighted by atomic mass is 10.00. The van der Waals surface area contributed by atoms with Crippen molar-refractivity contribution >= 4 is 39.1 Å². The predicted molar refractivity (Wildman–Crippen MR) is 162 cm³/mol. The highest BCUT2D eigenvalue weighted by atomic mass is 35.5. The van der Waals surface area contributed by atoms with Gasteiger partial charge < -0.3 is 10.2 Å². The maximum atomic E-state index is 13.9. The van der Waals surface area contributed by atoms with Crippen LogP contribution in [0.4, 0.5) is 5.69 Å². The van der Waals surface area contributed by atoms with E-state index >= 15 is 0 Å². The molecule has 9 heteroatoms. The molecule has 0 saturated heterocycles. The fourth-order valence-corrected chi connectivity index (χ4v) is 5.58. The lowest BCUT2D eigenvalue weighted by Crippen LogP contribution is -2.54. The summed E-state index contributed by atoms with van der Waals surface area (Å²) in [6, 6.07) is 24.8. The Morgan fingerprint density at radius 1 is 0.900 bits per heavy atom. The van der Waals surface area contributed by atoms with Crippen LogP contribution in [0.1, 0.15) is 44.7 Å². The SMILES string of the molecule is CC(C)(C)NC(=O)C(Cc1ccccc1)N(Cc1ccccc1Cl)C(=O)CCCN(c1ccccc1)S(C)(=O)=O. The minimum atomic E-state index is -3.55. The van der Waals surface area contributed by atoms with E-state index in [4.69, 9.17) is 11.6 Å². The normalized spacial score (nSPS) is 12.4. The Balaban J connectivity index is 1.91. The van der Waals surface area contributed by atoms with Crippen molar-refractivity contribution in [1.29, 1.82) is 0 Å². The van der Waals surface area contributed by atoms with Crippen LogP contribution in [0.5, 0.6) is 0 Å². The molecule has 3 aromatic carbocycles. The molecule has 0 aliphatic rings. The summed E-state index contributed by atoms with van der Waals surface area (Å²) < 4.78 is 26.3. The van der Waals surface area contributed by atoms with Gasteiger partial charge in [0.1, 0.15) is 6.04 Å². The lowest BCUT2D eigenvalue weighted by Gasteiger charge is -2.34. The molecule has 0 fully saturated rings. The van der Waals surface area contributed by atoms with E-state index in [1.807, 2.05) is 75.4 Å². The van der Waals surface area contributed by atoms with Crippen molar-refractivity contribution in [3.63, 3.8) is 0 Å². The zero-order valence-corrected chi connectivity index (χ0v) is 25.1. The van der Waals surface area contributed by atoms with Crippen LogP contribution in [0, 0.1) is 0 Å². The molecular formula is C31H38ClN3O4S. The summed E-state index contributed by atoms with van der Waals surface area (Å²) in [4.78, 5) is 29.1. The highest BCUT2D eigenvalue weighted by molar-refractivity contribution is 7.92. The number of nitrogens with zero attached hydrogens (tertiary/aromatic N) is 2. The Labute approximate surface area is 243 Å². The van der Waals surface area contributed by atoms with Crippen molar-refractivity contribution in [2.45, 2.75) is 58.2 Å². The fraction of sp³-hybridized carbons (Fsp3) is 0.355. The number of hydrogen-bond donors (Lipinski definition) is 1. The standard InChI is InChI=1S/C31H38ClN3O4S/c1-31(2,3)33-30(37)28(22-24-14-7-5-8-15-24)34(23-25-16-11-12-19-27(25)32)29(36)20-13-21-35(40(4,38)39)26-17-9-6-10-18-26/h5-12,14-19,28H,13,20-23H2,1-4H3,(H,33,37). The van der Waals surface area contributed by atoms with Gasteiger partial charge in [0.05, 0.1) is 11.9 Å². The molecule has 1 N–H and O–H groups in total. The van der Waals surface area contributed by atoms with Gasteiger partial charge in [-0.25, -0.2) is 8.42 Å².